The van der Waals surface area contributed by atoms with E-state index in [1.807, 2.05) is 62.4 Å². The van der Waals surface area contributed by atoms with E-state index in [9.17, 15) is 43.8 Å². The van der Waals surface area contributed by atoms with Crippen molar-refractivity contribution in [2.45, 2.75) is 179 Å². The van der Waals surface area contributed by atoms with Gasteiger partial charge in [-0.3, -0.25) is 63.1 Å². The number of halogens is 1. The van der Waals surface area contributed by atoms with Gasteiger partial charge in [0.15, 0.2) is 11.9 Å². The maximum atomic E-state index is 15.2. The number of phenolic OH excluding ortho intramolecular Hbond substituents is 1. The fourth-order valence-electron chi connectivity index (χ4n) is 12.9. The van der Waals surface area contributed by atoms with Gasteiger partial charge in [0.05, 0.1) is 6.61 Å². The Balaban J connectivity index is 1.17. The average molecular weight is 1540 g/mol. The van der Waals surface area contributed by atoms with Gasteiger partial charge in [-0.1, -0.05) is 110 Å². The summed E-state index contributed by atoms with van der Waals surface area (Å²) in [6, 6.07) is 19.0. The Hall–Kier alpha value is -11.3. The number of aliphatic hydroxyl groups excluding tert-OH is 1. The number of aliphatic hydroxyl groups is 1. The molecule has 0 spiro atoms. The molecule has 1 saturated heterocycles. The first kappa shape index (κ1) is 85.9. The Morgan fingerprint density at radius 2 is 1.10 bits per heavy atom. The molecule has 1 aliphatic heterocycles. The summed E-state index contributed by atoms with van der Waals surface area (Å²) in [5, 5.41) is 65.7. The van der Waals surface area contributed by atoms with Crippen LogP contribution in [0.5, 0.6) is 5.75 Å². The molecular formula is C78H105ClN18O13. The molecule has 10 atom stereocenters. The monoisotopic (exact) mass is 1540 g/mol. The molecule has 0 unspecified atom stereocenters. The summed E-state index contributed by atoms with van der Waals surface area (Å²) in [4.78, 5) is 166. The SMILES string of the molecule is CC/N=C(/NCC)NCCCC[C@H](NC(=O)[C@H](Cc1ccc(O)cc1)NC(=O)[C@H](CO)NC(=O)[C@H](Cc1c[nH]c2ccccc12)NC(=O)[C@H](Cc1ccc(Cl)cc1)NC(=O)[C@@H](Cc1ccc2ccccc2c1)NC(C)=O)C(=O)N[C@@H](CC(C)C)C(=O)N[C@@H](CCCNC(=N)N)C(=O)N1CCC[C@H]1C(=O)N[C@H](C)C(N)=O. The van der Waals surface area contributed by atoms with E-state index in [0.717, 1.165) is 10.8 Å². The molecule has 6 aromatic rings. The first-order valence-corrected chi connectivity index (χ1v) is 37.6. The van der Waals surface area contributed by atoms with Crippen molar-refractivity contribution in [1.29, 1.82) is 5.41 Å². The van der Waals surface area contributed by atoms with Crippen molar-refractivity contribution in [2.75, 3.05) is 39.3 Å². The van der Waals surface area contributed by atoms with E-state index in [0.29, 0.717) is 76.6 Å². The molecule has 0 radical (unpaired) electrons. The number of guanidine groups is 2. The van der Waals surface area contributed by atoms with Crippen LogP contribution in [0.15, 0.2) is 126 Å². The quantitative estimate of drug-likeness (QED) is 0.0148. The largest absolute Gasteiger partial charge is 0.508 e. The predicted molar refractivity (Wildman–Crippen MR) is 418 cm³/mol. The minimum Gasteiger partial charge on any atom is -0.508 e. The zero-order chi connectivity index (χ0) is 80.0. The van der Waals surface area contributed by atoms with Crippen molar-refractivity contribution < 1.29 is 63.0 Å². The van der Waals surface area contributed by atoms with Crippen molar-refractivity contribution >= 4 is 110 Å². The number of phenols is 1. The van der Waals surface area contributed by atoms with Gasteiger partial charge in [-0.2, -0.15) is 0 Å². The molecule has 110 heavy (non-hydrogen) atoms. The number of nitrogens with two attached hydrogens (primary N) is 2. The number of nitrogens with one attached hydrogen (secondary N) is 14. The van der Waals surface area contributed by atoms with E-state index < -0.39 is 132 Å². The van der Waals surface area contributed by atoms with Crippen molar-refractivity contribution in [3.8, 4) is 5.75 Å². The number of carbonyl (C=O) groups is 11. The first-order chi connectivity index (χ1) is 52.6. The predicted octanol–water partition coefficient (Wildman–Crippen LogP) is 1.88. The second-order valence-electron chi connectivity index (χ2n) is 27.7. The van der Waals surface area contributed by atoms with Crippen LogP contribution in [-0.2, 0) is 78.4 Å². The molecule has 0 bridgehead atoms. The molecule has 0 aliphatic carbocycles. The molecule has 32 heteroatoms. The summed E-state index contributed by atoms with van der Waals surface area (Å²) in [7, 11) is 0. The smallest absolute Gasteiger partial charge is 0.245 e. The number of aromatic nitrogens is 1. The summed E-state index contributed by atoms with van der Waals surface area (Å²) in [6.07, 6.45) is 2.59. The highest BCUT2D eigenvalue weighted by molar-refractivity contribution is 6.30. The van der Waals surface area contributed by atoms with E-state index in [1.54, 1.807) is 62.5 Å². The second-order valence-corrected chi connectivity index (χ2v) is 28.2. The Labute approximate surface area is 644 Å². The molecule has 5 aromatic carbocycles. The number of H-pyrrole nitrogens is 1. The highest BCUT2D eigenvalue weighted by atomic mass is 35.5. The van der Waals surface area contributed by atoms with E-state index in [4.69, 9.17) is 28.5 Å². The standard InChI is InChI=1S/C78H105ClN18O13/c1-7-83-78(84-8-2)86-34-14-13-21-58(68(102)92-60(37-45(3)4)69(103)91-59(22-15-35-85-77(81)82)76(110)97-36-16-23-66(97)75(109)88-46(5)67(80)101)90-71(105)62(40-49-27-32-55(100)33-28-49)94-74(108)65(44-98)96-73(107)64(42-53-43-87-57-20-12-11-19-56(53)57)95-72(106)63(39-48-25-30-54(79)31-26-48)93-70(104)61(89-47(6)99)41-50-24-29-51-17-9-10-18-52(51)38-50/h9-12,17-20,24-33,38,43,45-46,58-66,87,98,100H,7-8,13-16,21-23,34-37,39-42,44H2,1-6H3,(H2,80,101)(H,88,109)(H,89,99)(H,90,105)(H,91,103)(H,92,102)(H,93,104)(H,94,108)(H,95,106)(H,96,107)(H4,81,82,85)(H2,83,84,86)/t46-,58+,59+,60+,61-,62+,63+,64+,65+,66+/m1/s1. The minimum absolute atomic E-state index is 0.0107. The summed E-state index contributed by atoms with van der Waals surface area (Å²) < 4.78 is 0. The van der Waals surface area contributed by atoms with E-state index >= 15 is 19.2 Å². The first-order valence-electron chi connectivity index (χ1n) is 37.2. The molecule has 1 aromatic heterocycles. The van der Waals surface area contributed by atoms with Crippen LogP contribution in [0.2, 0.25) is 5.02 Å². The summed E-state index contributed by atoms with van der Waals surface area (Å²) >= 11 is 6.29. The molecule has 7 rings (SSSR count). The third-order valence-corrected chi connectivity index (χ3v) is 18.8. The van der Waals surface area contributed by atoms with Crippen LogP contribution in [0.1, 0.15) is 115 Å². The number of rotatable bonds is 41. The van der Waals surface area contributed by atoms with E-state index in [2.05, 4.69) is 73.8 Å². The number of benzene rings is 5. The third-order valence-electron chi connectivity index (χ3n) is 18.6. The van der Waals surface area contributed by atoms with Gasteiger partial charge in [0.25, 0.3) is 0 Å². The van der Waals surface area contributed by atoms with Crippen molar-refractivity contribution in [2.24, 2.45) is 22.4 Å². The van der Waals surface area contributed by atoms with Crippen molar-refractivity contribution in [1.82, 2.24) is 73.7 Å². The van der Waals surface area contributed by atoms with Gasteiger partial charge in [0.2, 0.25) is 65.0 Å². The lowest BCUT2D eigenvalue weighted by molar-refractivity contribution is -0.142. The fourth-order valence-corrected chi connectivity index (χ4v) is 13.0. The number of aromatic amines is 1. The molecular weight excluding hydrogens is 1430 g/mol. The molecule has 20 N–H and O–H groups in total. The number of unbranched alkanes of at least 4 members (excludes halogenated alkanes) is 1. The van der Waals surface area contributed by atoms with Gasteiger partial charge in [0.1, 0.15) is 66.2 Å². The number of primary amides is 1. The molecule has 31 nitrogen and oxygen atoms in total. The van der Waals surface area contributed by atoms with Gasteiger partial charge in [-0.15, -0.1) is 0 Å². The number of fused-ring (bicyclic) bond motifs is 2. The highest BCUT2D eigenvalue weighted by Gasteiger charge is 2.40. The van der Waals surface area contributed by atoms with Crippen molar-refractivity contribution in [3.05, 3.63) is 149 Å². The van der Waals surface area contributed by atoms with Crippen LogP contribution in [0.25, 0.3) is 21.7 Å². The Kier molecular flexibility index (Phi) is 33.6. The number of aliphatic imine (C=N–C) groups is 1. The highest BCUT2D eigenvalue weighted by Crippen LogP contribution is 2.24. The number of amides is 11. The molecule has 2 heterocycles. The van der Waals surface area contributed by atoms with Gasteiger partial charge in [-0.05, 0) is 141 Å². The molecule has 11 amide bonds. The second kappa shape index (κ2) is 43.0. The van der Waals surface area contributed by atoms with Crippen LogP contribution >= 0.6 is 11.6 Å². The zero-order valence-electron chi connectivity index (χ0n) is 62.9. The number of nitrogens with zero attached hydrogens (tertiary/aromatic N) is 2. The Bertz CT molecular complexity index is 4200. The van der Waals surface area contributed by atoms with Crippen LogP contribution in [0.3, 0.4) is 0 Å². The van der Waals surface area contributed by atoms with Crippen LogP contribution in [-0.4, -0.2) is 197 Å². The topological polar surface area (TPSA) is 480 Å². The maximum Gasteiger partial charge on any atom is 0.245 e. The van der Waals surface area contributed by atoms with E-state index in [1.165, 1.54) is 43.0 Å². The summed E-state index contributed by atoms with van der Waals surface area (Å²) in [5.74, 6) is -8.89. The molecule has 1 fully saturated rings. The van der Waals surface area contributed by atoms with Crippen molar-refractivity contribution in [3.63, 3.8) is 0 Å². The average Bonchev–Trinajstić information content (AvgIpc) is 1.50. The number of carbonyl (C=O) groups excluding carboxylic acids is 11. The summed E-state index contributed by atoms with van der Waals surface area (Å²) in [6.45, 7) is 10.7. The Morgan fingerprint density at radius 1 is 0.582 bits per heavy atom. The third kappa shape index (κ3) is 26.8. The number of likely N-dealkylation sites (tertiary alicyclic amines) is 1. The normalized spacial score (nSPS) is 15.2. The number of para-hydroxylation sites is 1. The summed E-state index contributed by atoms with van der Waals surface area (Å²) in [5.41, 5.74) is 13.9. The molecule has 592 valence electrons. The number of hydrogen-bond donors (Lipinski definition) is 18. The minimum atomic E-state index is -1.83. The van der Waals surface area contributed by atoms with E-state index in [-0.39, 0.29) is 94.9 Å². The van der Waals surface area contributed by atoms with Gasteiger partial charge in [0, 0.05) is 87.5 Å². The molecule has 0 saturated carbocycles. The van der Waals surface area contributed by atoms with Gasteiger partial charge in [-0.25, -0.2) is 0 Å². The fraction of sp³-hybridized carbons (Fsp3) is 0.449. The number of aromatic hydroxyl groups is 1. The van der Waals surface area contributed by atoms with Gasteiger partial charge >= 0.3 is 0 Å². The van der Waals surface area contributed by atoms with Crippen LogP contribution in [0, 0.1) is 11.3 Å². The number of hydrogen-bond acceptors (Lipinski definition) is 15. The van der Waals surface area contributed by atoms with Crippen LogP contribution < -0.4 is 75.3 Å². The lowest BCUT2D eigenvalue weighted by Crippen LogP contribution is -2.61. The van der Waals surface area contributed by atoms with Gasteiger partial charge < -0.3 is 95.4 Å². The zero-order valence-corrected chi connectivity index (χ0v) is 63.7. The van der Waals surface area contributed by atoms with Crippen LogP contribution in [0.4, 0.5) is 0 Å². The Morgan fingerprint density at radius 3 is 1.71 bits per heavy atom. The lowest BCUT2D eigenvalue weighted by atomic mass is 9.99. The molecule has 1 aliphatic rings. The maximum absolute atomic E-state index is 15.2. The lowest BCUT2D eigenvalue weighted by Gasteiger charge is -2.31.